The molecule has 0 bridgehead atoms. The Morgan fingerprint density at radius 1 is 1.27 bits per heavy atom. The minimum absolute atomic E-state index is 0.0203. The lowest BCUT2D eigenvalue weighted by Crippen LogP contribution is -2.40. The van der Waals surface area contributed by atoms with E-state index in [0.717, 1.165) is 44.6 Å². The molecular weight excluding hydrogens is 284 g/mol. The zero-order valence-corrected chi connectivity index (χ0v) is 12.7. The summed E-state index contributed by atoms with van der Waals surface area (Å²) in [6, 6.07) is 3.44. The van der Waals surface area contributed by atoms with Gasteiger partial charge in [0.05, 0.1) is 13.2 Å². The van der Waals surface area contributed by atoms with Gasteiger partial charge in [-0.05, 0) is 18.9 Å². The fraction of sp³-hybridized carbons (Fsp3) is 0.667. The molecule has 2 heterocycles. The van der Waals surface area contributed by atoms with Gasteiger partial charge in [0.15, 0.2) is 0 Å². The third-order valence-electron chi connectivity index (χ3n) is 4.20. The van der Waals surface area contributed by atoms with Crippen molar-refractivity contribution in [3.63, 3.8) is 0 Å². The Morgan fingerprint density at radius 2 is 2.00 bits per heavy atom. The predicted octanol–water partition coefficient (Wildman–Crippen LogP) is 0.139. The number of hydrogen-bond donors (Lipinski definition) is 1. The Kier molecular flexibility index (Phi) is 4.72. The van der Waals surface area contributed by atoms with Crippen LogP contribution in [0.15, 0.2) is 16.9 Å². The molecule has 1 saturated carbocycles. The van der Waals surface area contributed by atoms with Crippen LogP contribution in [0.3, 0.4) is 0 Å². The lowest BCUT2D eigenvalue weighted by Gasteiger charge is -2.27. The van der Waals surface area contributed by atoms with Crippen LogP contribution in [0.2, 0.25) is 0 Å². The average Bonchev–Trinajstić information content (AvgIpc) is 3.03. The van der Waals surface area contributed by atoms with Gasteiger partial charge < -0.3 is 15.0 Å². The van der Waals surface area contributed by atoms with E-state index in [4.69, 9.17) is 4.74 Å². The number of anilines is 1. The van der Waals surface area contributed by atoms with E-state index in [9.17, 15) is 9.59 Å². The number of aromatic nitrogens is 2. The molecule has 3 rings (SSSR count). The molecule has 0 unspecified atom stereocenters. The van der Waals surface area contributed by atoms with Crippen molar-refractivity contribution in [1.82, 2.24) is 15.1 Å². The molecule has 0 atom stereocenters. The Hall–Kier alpha value is -1.89. The SMILES string of the molecule is O=C(Cn1nc(N2CCOCC2)ccc1=O)NC1CCCC1. The molecule has 120 valence electrons. The smallest absolute Gasteiger partial charge is 0.267 e. The second-order valence-corrected chi connectivity index (χ2v) is 5.84. The van der Waals surface area contributed by atoms with Crippen molar-refractivity contribution >= 4 is 11.7 Å². The van der Waals surface area contributed by atoms with Gasteiger partial charge in [-0.3, -0.25) is 9.59 Å². The molecule has 7 nitrogen and oxygen atoms in total. The van der Waals surface area contributed by atoms with Crippen LogP contribution < -0.4 is 15.8 Å². The summed E-state index contributed by atoms with van der Waals surface area (Å²) in [6.45, 7) is 2.79. The summed E-state index contributed by atoms with van der Waals surface area (Å²) in [4.78, 5) is 26.0. The minimum Gasteiger partial charge on any atom is -0.378 e. The van der Waals surface area contributed by atoms with Crippen LogP contribution >= 0.6 is 0 Å². The molecule has 7 heteroatoms. The van der Waals surface area contributed by atoms with E-state index in [1.807, 2.05) is 0 Å². The normalized spacial score (nSPS) is 19.4. The van der Waals surface area contributed by atoms with Crippen LogP contribution in [0.1, 0.15) is 25.7 Å². The van der Waals surface area contributed by atoms with E-state index in [1.54, 1.807) is 6.07 Å². The molecule has 1 amide bonds. The van der Waals surface area contributed by atoms with Gasteiger partial charge in [0.2, 0.25) is 5.91 Å². The highest BCUT2D eigenvalue weighted by Crippen LogP contribution is 2.17. The molecule has 0 aromatic carbocycles. The van der Waals surface area contributed by atoms with Gasteiger partial charge in [-0.25, -0.2) is 4.68 Å². The summed E-state index contributed by atoms with van der Waals surface area (Å²) >= 11 is 0. The minimum atomic E-state index is -0.251. The Bertz CT molecular complexity index is 574. The second kappa shape index (κ2) is 6.91. The first kappa shape index (κ1) is 15.0. The van der Waals surface area contributed by atoms with E-state index in [1.165, 1.54) is 10.7 Å². The summed E-state index contributed by atoms with van der Waals surface area (Å²) in [5.74, 6) is 0.581. The van der Waals surface area contributed by atoms with E-state index >= 15 is 0 Å². The molecule has 1 aliphatic heterocycles. The molecule has 0 spiro atoms. The van der Waals surface area contributed by atoms with Gasteiger partial charge in [-0.15, -0.1) is 0 Å². The lowest BCUT2D eigenvalue weighted by molar-refractivity contribution is -0.122. The van der Waals surface area contributed by atoms with Crippen molar-refractivity contribution in [2.24, 2.45) is 0 Å². The van der Waals surface area contributed by atoms with Gasteiger partial charge >= 0.3 is 0 Å². The van der Waals surface area contributed by atoms with Crippen molar-refractivity contribution in [2.45, 2.75) is 38.3 Å². The number of amides is 1. The largest absolute Gasteiger partial charge is 0.378 e. The summed E-state index contributed by atoms with van der Waals surface area (Å²) in [7, 11) is 0. The van der Waals surface area contributed by atoms with Crippen molar-refractivity contribution < 1.29 is 9.53 Å². The number of carbonyl (C=O) groups is 1. The Morgan fingerprint density at radius 3 is 2.73 bits per heavy atom. The highest BCUT2D eigenvalue weighted by atomic mass is 16.5. The highest BCUT2D eigenvalue weighted by Gasteiger charge is 2.18. The van der Waals surface area contributed by atoms with Crippen LogP contribution in [-0.4, -0.2) is 48.0 Å². The number of hydrogen-bond acceptors (Lipinski definition) is 5. The van der Waals surface area contributed by atoms with Crippen molar-refractivity contribution in [3.8, 4) is 0 Å². The van der Waals surface area contributed by atoms with Crippen molar-refractivity contribution in [2.75, 3.05) is 31.2 Å². The Labute approximate surface area is 129 Å². The number of rotatable bonds is 4. The summed E-state index contributed by atoms with van der Waals surface area (Å²) in [5, 5.41) is 7.31. The summed E-state index contributed by atoms with van der Waals surface area (Å²) < 4.78 is 6.56. The lowest BCUT2D eigenvalue weighted by atomic mass is 10.2. The molecule has 2 aliphatic rings. The molecule has 22 heavy (non-hydrogen) atoms. The Balaban J connectivity index is 1.66. The fourth-order valence-corrected chi connectivity index (χ4v) is 2.99. The number of nitrogens with one attached hydrogen (secondary N) is 1. The molecule has 1 saturated heterocycles. The first-order chi connectivity index (χ1) is 10.7. The van der Waals surface area contributed by atoms with Crippen LogP contribution in [0.25, 0.3) is 0 Å². The third-order valence-corrected chi connectivity index (χ3v) is 4.20. The number of morpholine rings is 1. The first-order valence-electron chi connectivity index (χ1n) is 7.92. The van der Waals surface area contributed by atoms with Crippen molar-refractivity contribution in [1.29, 1.82) is 0 Å². The average molecular weight is 306 g/mol. The quantitative estimate of drug-likeness (QED) is 0.856. The molecule has 1 N–H and O–H groups in total. The van der Waals surface area contributed by atoms with Crippen LogP contribution in [0.4, 0.5) is 5.82 Å². The number of carbonyl (C=O) groups excluding carboxylic acids is 1. The number of nitrogens with zero attached hydrogens (tertiary/aromatic N) is 3. The molecule has 2 fully saturated rings. The van der Waals surface area contributed by atoms with Gasteiger partial charge in [-0.1, -0.05) is 12.8 Å². The van der Waals surface area contributed by atoms with Gasteiger partial charge in [0.25, 0.3) is 5.56 Å². The van der Waals surface area contributed by atoms with E-state index in [0.29, 0.717) is 13.2 Å². The van der Waals surface area contributed by atoms with E-state index < -0.39 is 0 Å². The maximum absolute atomic E-state index is 12.1. The summed E-state index contributed by atoms with van der Waals surface area (Å²) in [5.41, 5.74) is -0.251. The second-order valence-electron chi connectivity index (χ2n) is 5.84. The maximum atomic E-state index is 12.1. The highest BCUT2D eigenvalue weighted by molar-refractivity contribution is 5.76. The van der Waals surface area contributed by atoms with Gasteiger partial charge in [0.1, 0.15) is 12.4 Å². The standard InChI is InChI=1S/C15H22N4O3/c20-14(16-12-3-1-2-4-12)11-19-15(21)6-5-13(17-19)18-7-9-22-10-8-18/h5-6,12H,1-4,7-11H2,(H,16,20). The molecular formula is C15H22N4O3. The maximum Gasteiger partial charge on any atom is 0.267 e. The third kappa shape index (κ3) is 3.65. The zero-order valence-electron chi connectivity index (χ0n) is 12.7. The van der Waals surface area contributed by atoms with Crippen molar-refractivity contribution in [3.05, 3.63) is 22.5 Å². The molecule has 1 aromatic heterocycles. The topological polar surface area (TPSA) is 76.5 Å². The predicted molar refractivity (Wildman–Crippen MR) is 81.9 cm³/mol. The first-order valence-corrected chi connectivity index (χ1v) is 7.92. The number of ether oxygens (including phenoxy) is 1. The van der Waals surface area contributed by atoms with Crippen LogP contribution in [0, 0.1) is 0 Å². The van der Waals surface area contributed by atoms with E-state index in [-0.39, 0.29) is 24.1 Å². The zero-order chi connectivity index (χ0) is 15.4. The van der Waals surface area contributed by atoms with Gasteiger partial charge in [-0.2, -0.15) is 5.10 Å². The van der Waals surface area contributed by atoms with E-state index in [2.05, 4.69) is 15.3 Å². The van der Waals surface area contributed by atoms with Gasteiger partial charge in [0, 0.05) is 25.2 Å². The molecule has 1 aliphatic carbocycles. The fourth-order valence-electron chi connectivity index (χ4n) is 2.99. The molecule has 0 radical (unpaired) electrons. The van der Waals surface area contributed by atoms with Crippen LogP contribution in [-0.2, 0) is 16.1 Å². The van der Waals surface area contributed by atoms with Crippen LogP contribution in [0.5, 0.6) is 0 Å². The summed E-state index contributed by atoms with van der Waals surface area (Å²) in [6.07, 6.45) is 4.38. The monoisotopic (exact) mass is 306 g/mol. The molecule has 1 aromatic rings.